The summed E-state index contributed by atoms with van der Waals surface area (Å²) in [7, 11) is -8.55. The van der Waals surface area contributed by atoms with Crippen molar-refractivity contribution < 1.29 is 29.8 Å². The second kappa shape index (κ2) is 3.50. The molecule has 0 N–H and O–H groups in total. The molecule has 15 heavy (non-hydrogen) atoms. The van der Waals surface area contributed by atoms with Crippen molar-refractivity contribution in [2.75, 3.05) is 26.7 Å². The molecule has 0 bridgehead atoms. The molecule has 0 atom stereocenters. The average Bonchev–Trinajstić information content (AvgIpc) is 2.28. The van der Waals surface area contributed by atoms with Gasteiger partial charge in [-0.2, -0.15) is 0 Å². The molecular weight excluding hydrogens is 245 g/mol. The number of halogens is 6. The zero-order valence-electron chi connectivity index (χ0n) is 8.31. The first-order valence-electron chi connectivity index (χ1n) is 4.13. The van der Waals surface area contributed by atoms with Gasteiger partial charge in [0.15, 0.2) is 0 Å². The molecule has 1 rings (SSSR count). The van der Waals surface area contributed by atoms with E-state index in [2.05, 4.69) is 29.8 Å². The third kappa shape index (κ3) is 16.2. The van der Waals surface area contributed by atoms with E-state index in [0.29, 0.717) is 0 Å². The zero-order chi connectivity index (χ0) is 12.4. The Morgan fingerprint density at radius 1 is 1.20 bits per heavy atom. The first-order valence-corrected chi connectivity index (χ1v) is 6.16. The molecule has 0 unspecified atom stereocenters. The standard InChI is InChI=1S/C6H13N2.F6P/c1-3-8-5-4-7(2)6-8;1-7(2,3,4,5)6/h6H,3-5H2,1-2H3;/q+1;-1. The Morgan fingerprint density at radius 3 is 1.73 bits per heavy atom. The van der Waals surface area contributed by atoms with Crippen LogP contribution in [0.3, 0.4) is 0 Å². The van der Waals surface area contributed by atoms with Crippen LogP contribution in [0.2, 0.25) is 0 Å². The Balaban J connectivity index is 0.000000265. The van der Waals surface area contributed by atoms with Gasteiger partial charge in [-0.15, -0.1) is 0 Å². The summed E-state index contributed by atoms with van der Waals surface area (Å²) in [4.78, 5) is 2.31. The predicted molar refractivity (Wildman–Crippen MR) is 47.9 cm³/mol. The molecule has 0 saturated carbocycles. The van der Waals surface area contributed by atoms with Crippen molar-refractivity contribution in [2.24, 2.45) is 0 Å². The van der Waals surface area contributed by atoms with Gasteiger partial charge < -0.3 is 0 Å². The van der Waals surface area contributed by atoms with E-state index in [1.807, 2.05) is 0 Å². The molecule has 2 nitrogen and oxygen atoms in total. The normalized spacial score (nSPS) is 21.1. The molecule has 0 spiro atoms. The second-order valence-electron chi connectivity index (χ2n) is 3.18. The second-order valence-corrected chi connectivity index (χ2v) is 5.10. The SMILES string of the molecule is CCN1C=[N+](C)CC1.F[P-](F)(F)(F)(F)F. The number of likely N-dealkylation sites (N-methyl/N-ethyl adjacent to an activating group) is 2. The van der Waals surface area contributed by atoms with Crippen molar-refractivity contribution in [2.45, 2.75) is 6.92 Å². The molecule has 0 aromatic carbocycles. The molecule has 1 aliphatic rings. The van der Waals surface area contributed by atoms with Gasteiger partial charge >= 0.3 is 33.0 Å². The van der Waals surface area contributed by atoms with E-state index in [1.54, 1.807) is 0 Å². The first-order chi connectivity index (χ1) is 6.28. The summed E-state index contributed by atoms with van der Waals surface area (Å²) < 4.78 is 61.4. The van der Waals surface area contributed by atoms with Crippen LogP contribution in [0.4, 0.5) is 25.2 Å². The van der Waals surface area contributed by atoms with Crippen molar-refractivity contribution in [1.29, 1.82) is 0 Å². The molecule has 0 saturated heterocycles. The molecule has 0 amide bonds. The van der Waals surface area contributed by atoms with Crippen molar-refractivity contribution in [3.05, 3.63) is 0 Å². The first kappa shape index (κ1) is 14.5. The number of nitrogens with zero attached hydrogens (tertiary/aromatic N) is 2. The van der Waals surface area contributed by atoms with Crippen LogP contribution in [0.15, 0.2) is 0 Å². The maximum atomic E-state index is 9.87. The van der Waals surface area contributed by atoms with Crippen LogP contribution in [0.5, 0.6) is 0 Å². The fourth-order valence-electron chi connectivity index (χ4n) is 0.920. The van der Waals surface area contributed by atoms with Crippen LogP contribution in [-0.2, 0) is 0 Å². The molecule has 0 aromatic heterocycles. The maximum absolute atomic E-state index is 10.7. The summed E-state index contributed by atoms with van der Waals surface area (Å²) in [6.45, 7) is 5.71. The third-order valence-corrected chi connectivity index (χ3v) is 1.51. The Morgan fingerprint density at radius 2 is 1.60 bits per heavy atom. The summed E-state index contributed by atoms with van der Waals surface area (Å²) in [5.41, 5.74) is 0. The van der Waals surface area contributed by atoms with Crippen molar-refractivity contribution in [1.82, 2.24) is 4.90 Å². The van der Waals surface area contributed by atoms with Gasteiger partial charge in [0.05, 0.1) is 13.6 Å². The minimum absolute atomic E-state index is 1.14. The van der Waals surface area contributed by atoms with Gasteiger partial charge in [0, 0.05) is 0 Å². The molecule has 0 fully saturated rings. The van der Waals surface area contributed by atoms with Gasteiger partial charge in [0.25, 0.3) is 0 Å². The van der Waals surface area contributed by atoms with Crippen molar-refractivity contribution >= 4 is 14.1 Å². The van der Waals surface area contributed by atoms with Gasteiger partial charge in [-0.3, -0.25) is 9.48 Å². The third-order valence-electron chi connectivity index (χ3n) is 1.51. The molecule has 1 aliphatic heterocycles. The monoisotopic (exact) mass is 258 g/mol. The van der Waals surface area contributed by atoms with E-state index >= 15 is 0 Å². The molecule has 94 valence electrons. The van der Waals surface area contributed by atoms with Crippen LogP contribution in [0.1, 0.15) is 6.92 Å². The molecule has 0 aromatic rings. The van der Waals surface area contributed by atoms with Crippen LogP contribution in [0.25, 0.3) is 0 Å². The van der Waals surface area contributed by atoms with Crippen LogP contribution in [0, 0.1) is 0 Å². The number of hydrogen-bond donors (Lipinski definition) is 0. The van der Waals surface area contributed by atoms with Gasteiger partial charge in [-0.1, -0.05) is 0 Å². The molecule has 0 radical (unpaired) electrons. The average molecular weight is 258 g/mol. The van der Waals surface area contributed by atoms with Gasteiger partial charge in [0.2, 0.25) is 6.34 Å². The van der Waals surface area contributed by atoms with E-state index in [-0.39, 0.29) is 0 Å². The van der Waals surface area contributed by atoms with Crippen molar-refractivity contribution in [3.63, 3.8) is 0 Å². The minimum atomic E-state index is -10.7. The van der Waals surface area contributed by atoms with E-state index in [9.17, 15) is 25.2 Å². The van der Waals surface area contributed by atoms with Crippen molar-refractivity contribution in [3.8, 4) is 0 Å². The Bertz CT molecular complexity index is 243. The summed E-state index contributed by atoms with van der Waals surface area (Å²) >= 11 is 0. The topological polar surface area (TPSA) is 6.25 Å². The quantitative estimate of drug-likeness (QED) is 0.397. The van der Waals surface area contributed by atoms with E-state index in [4.69, 9.17) is 0 Å². The Kier molecular flexibility index (Phi) is 3.38. The number of hydrogen-bond acceptors (Lipinski definition) is 1. The molecule has 1 heterocycles. The van der Waals surface area contributed by atoms with Crippen LogP contribution >= 0.6 is 7.81 Å². The Labute approximate surface area is 83.4 Å². The van der Waals surface area contributed by atoms with E-state index in [1.165, 1.54) is 13.1 Å². The summed E-state index contributed by atoms with van der Waals surface area (Å²) in [6.07, 6.45) is 2.17. The van der Waals surface area contributed by atoms with Gasteiger partial charge in [0.1, 0.15) is 13.1 Å². The fraction of sp³-hybridized carbons (Fsp3) is 0.833. The Hall–Kier alpha value is -0.520. The van der Waals surface area contributed by atoms with Gasteiger partial charge in [-0.05, 0) is 6.92 Å². The summed E-state index contributed by atoms with van der Waals surface area (Å²) in [5, 5.41) is 0. The molecule has 0 aliphatic carbocycles. The summed E-state index contributed by atoms with van der Waals surface area (Å²) in [5.74, 6) is 0. The molecular formula is C6H13F6N2P. The van der Waals surface area contributed by atoms with Gasteiger partial charge in [-0.25, -0.2) is 0 Å². The van der Waals surface area contributed by atoms with Crippen LogP contribution < -0.4 is 0 Å². The van der Waals surface area contributed by atoms with Crippen LogP contribution in [-0.4, -0.2) is 42.5 Å². The number of rotatable bonds is 1. The molecule has 9 heteroatoms. The van der Waals surface area contributed by atoms with E-state index < -0.39 is 7.81 Å². The zero-order valence-corrected chi connectivity index (χ0v) is 9.20. The van der Waals surface area contributed by atoms with E-state index in [0.717, 1.165) is 6.54 Å². The predicted octanol–water partition coefficient (Wildman–Crippen LogP) is 3.37. The summed E-state index contributed by atoms with van der Waals surface area (Å²) in [6, 6.07) is 0. The fourth-order valence-corrected chi connectivity index (χ4v) is 0.920.